The highest BCUT2D eigenvalue weighted by Crippen LogP contribution is 2.33. The molecule has 0 bridgehead atoms. The number of likely N-dealkylation sites (N-methyl/N-ethyl adjacent to an activating group) is 1. The van der Waals surface area contributed by atoms with Crippen LogP contribution in [-0.4, -0.2) is 77.5 Å². The fraction of sp³-hybridized carbons (Fsp3) is 0.478. The smallest absolute Gasteiger partial charge is 0.475 e. The molecule has 36 heavy (non-hydrogen) atoms. The van der Waals surface area contributed by atoms with Crippen LogP contribution in [0.5, 0.6) is 0 Å². The summed E-state index contributed by atoms with van der Waals surface area (Å²) < 4.78 is 37.3. The number of carbonyl (C=O) groups excluding carboxylic acids is 1. The molecule has 196 valence electrons. The fourth-order valence-corrected chi connectivity index (χ4v) is 4.09. The lowest BCUT2D eigenvalue weighted by molar-refractivity contribution is -0.192. The first-order valence-corrected chi connectivity index (χ1v) is 12.1. The van der Waals surface area contributed by atoms with Crippen LogP contribution >= 0.6 is 11.3 Å². The lowest BCUT2D eigenvalue weighted by Crippen LogP contribution is -2.44. The van der Waals surface area contributed by atoms with Crippen LogP contribution in [0.1, 0.15) is 30.4 Å². The van der Waals surface area contributed by atoms with Crippen molar-refractivity contribution in [2.24, 2.45) is 5.92 Å². The molecule has 0 radical (unpaired) electrons. The third-order valence-electron chi connectivity index (χ3n) is 5.86. The second kappa shape index (κ2) is 11.2. The highest BCUT2D eigenvalue weighted by Gasteiger charge is 2.38. The molecular weight excluding hydrogens is 499 g/mol. The number of carboxylic acids is 1. The van der Waals surface area contributed by atoms with Gasteiger partial charge in [0.1, 0.15) is 15.6 Å². The number of amides is 1. The van der Waals surface area contributed by atoms with Crippen molar-refractivity contribution in [2.45, 2.75) is 33.0 Å². The van der Waals surface area contributed by atoms with Gasteiger partial charge in [0, 0.05) is 44.0 Å². The zero-order valence-electron chi connectivity index (χ0n) is 20.3. The third-order valence-corrected chi connectivity index (χ3v) is 6.86. The summed E-state index contributed by atoms with van der Waals surface area (Å²) in [6, 6.07) is 6.30. The minimum Gasteiger partial charge on any atom is -0.475 e. The summed E-state index contributed by atoms with van der Waals surface area (Å²) in [5.74, 6) is -2.48. The van der Waals surface area contributed by atoms with Crippen molar-refractivity contribution in [2.75, 3.05) is 38.1 Å². The van der Waals surface area contributed by atoms with E-state index in [-0.39, 0.29) is 11.9 Å². The number of piperazine rings is 1. The molecule has 2 aromatic heterocycles. The first-order chi connectivity index (χ1) is 16.9. The molecule has 4 rings (SSSR count). The third kappa shape index (κ3) is 6.72. The summed E-state index contributed by atoms with van der Waals surface area (Å²) in [7, 11) is 2.15. The number of fused-ring (bicyclic) bond motifs is 1. The van der Waals surface area contributed by atoms with Crippen LogP contribution in [-0.2, 0) is 4.79 Å². The van der Waals surface area contributed by atoms with Gasteiger partial charge in [0.25, 0.3) is 5.91 Å². The molecule has 2 N–H and O–H groups in total. The average molecular weight is 528 g/mol. The number of hydrogen-bond donors (Lipinski definition) is 2. The van der Waals surface area contributed by atoms with Gasteiger partial charge in [0.15, 0.2) is 5.58 Å². The maximum atomic E-state index is 12.5. The van der Waals surface area contributed by atoms with E-state index in [1.165, 1.54) is 11.3 Å². The Balaban J connectivity index is 0.000000454. The number of rotatable bonds is 5. The molecule has 9 nitrogen and oxygen atoms in total. The van der Waals surface area contributed by atoms with E-state index >= 15 is 0 Å². The molecule has 3 aromatic rings. The number of alkyl halides is 3. The number of aromatic nitrogens is 2. The maximum absolute atomic E-state index is 12.5. The summed E-state index contributed by atoms with van der Waals surface area (Å²) in [6.07, 6.45) is -3.47. The Bertz CT molecular complexity index is 1200. The number of aliphatic carboxylic acids is 1. The molecule has 3 heterocycles. The van der Waals surface area contributed by atoms with E-state index in [1.807, 2.05) is 19.1 Å². The van der Waals surface area contributed by atoms with Crippen molar-refractivity contribution in [3.05, 3.63) is 29.3 Å². The van der Waals surface area contributed by atoms with Gasteiger partial charge in [0.05, 0.1) is 11.6 Å². The normalized spacial score (nSPS) is 15.5. The Morgan fingerprint density at radius 1 is 1.17 bits per heavy atom. The van der Waals surface area contributed by atoms with E-state index in [4.69, 9.17) is 14.4 Å². The molecule has 13 heteroatoms. The Hall–Kier alpha value is -3.19. The van der Waals surface area contributed by atoms with Crippen molar-refractivity contribution in [1.82, 2.24) is 20.4 Å². The molecule has 0 aliphatic carbocycles. The summed E-state index contributed by atoms with van der Waals surface area (Å²) in [5.41, 5.74) is 2.58. The van der Waals surface area contributed by atoms with Gasteiger partial charge in [-0.05, 0) is 32.0 Å². The molecular formula is C23H28F3N5O4S. The molecule has 0 saturated carbocycles. The highest BCUT2D eigenvalue weighted by atomic mass is 32.1. The molecule has 1 saturated heterocycles. The summed E-state index contributed by atoms with van der Waals surface area (Å²) in [5, 5.41) is 16.0. The molecule has 1 unspecified atom stereocenters. The molecule has 1 fully saturated rings. The van der Waals surface area contributed by atoms with Crippen LogP contribution in [0.2, 0.25) is 0 Å². The van der Waals surface area contributed by atoms with Crippen molar-refractivity contribution >= 4 is 39.9 Å². The van der Waals surface area contributed by atoms with Gasteiger partial charge in [-0.25, -0.2) is 9.78 Å². The SMILES string of the molecule is CC(C)C(C)NC(=O)c1cnc(-c2noc3cc(N4CCN(C)CC4)ccc23)s1.O=C(O)C(F)(F)F. The van der Waals surface area contributed by atoms with Crippen LogP contribution < -0.4 is 10.2 Å². The summed E-state index contributed by atoms with van der Waals surface area (Å²) in [4.78, 5) is 31.1. The quantitative estimate of drug-likeness (QED) is 0.510. The Kier molecular flexibility index (Phi) is 8.56. The summed E-state index contributed by atoms with van der Waals surface area (Å²) >= 11 is 1.34. The number of nitrogens with one attached hydrogen (secondary N) is 1. The minimum atomic E-state index is -5.08. The number of hydrogen-bond acceptors (Lipinski definition) is 8. The number of carboxylic acid groups (broad SMARTS) is 1. The van der Waals surface area contributed by atoms with Crippen LogP contribution in [0.15, 0.2) is 28.9 Å². The van der Waals surface area contributed by atoms with E-state index in [9.17, 15) is 18.0 Å². The molecule has 1 amide bonds. The molecule has 1 atom stereocenters. The zero-order valence-corrected chi connectivity index (χ0v) is 21.1. The number of carbonyl (C=O) groups is 2. The number of anilines is 1. The van der Waals surface area contributed by atoms with Gasteiger partial charge in [-0.15, -0.1) is 11.3 Å². The Morgan fingerprint density at radius 3 is 2.39 bits per heavy atom. The second-order valence-corrected chi connectivity index (χ2v) is 9.87. The van der Waals surface area contributed by atoms with Crippen LogP contribution in [0.4, 0.5) is 18.9 Å². The predicted molar refractivity (Wildman–Crippen MR) is 130 cm³/mol. The first kappa shape index (κ1) is 27.4. The Morgan fingerprint density at radius 2 is 1.81 bits per heavy atom. The lowest BCUT2D eigenvalue weighted by Gasteiger charge is -2.33. The molecule has 0 spiro atoms. The van der Waals surface area contributed by atoms with Crippen molar-refractivity contribution < 1.29 is 32.4 Å². The monoisotopic (exact) mass is 527 g/mol. The van der Waals surface area contributed by atoms with Crippen molar-refractivity contribution in [3.63, 3.8) is 0 Å². The zero-order chi connectivity index (χ0) is 26.6. The van der Waals surface area contributed by atoms with Gasteiger partial charge in [-0.1, -0.05) is 19.0 Å². The van der Waals surface area contributed by atoms with Crippen molar-refractivity contribution in [3.8, 4) is 10.7 Å². The van der Waals surface area contributed by atoms with Crippen LogP contribution in [0, 0.1) is 5.92 Å². The molecule has 1 aliphatic heterocycles. The molecule has 1 aliphatic rings. The number of thiazole rings is 1. The van der Waals surface area contributed by atoms with E-state index in [0.29, 0.717) is 21.5 Å². The highest BCUT2D eigenvalue weighted by molar-refractivity contribution is 7.17. The molecule has 1 aromatic carbocycles. The number of halogens is 3. The fourth-order valence-electron chi connectivity index (χ4n) is 3.27. The minimum absolute atomic E-state index is 0.0971. The van der Waals surface area contributed by atoms with Gasteiger partial charge < -0.3 is 24.7 Å². The van der Waals surface area contributed by atoms with E-state index < -0.39 is 12.1 Å². The number of nitrogens with zero attached hydrogens (tertiary/aromatic N) is 4. The van der Waals surface area contributed by atoms with Crippen molar-refractivity contribution in [1.29, 1.82) is 0 Å². The largest absolute Gasteiger partial charge is 0.490 e. The number of benzene rings is 1. The topological polar surface area (TPSA) is 112 Å². The van der Waals surface area contributed by atoms with Gasteiger partial charge in [-0.2, -0.15) is 13.2 Å². The van der Waals surface area contributed by atoms with E-state index in [1.54, 1.807) is 6.20 Å². The summed E-state index contributed by atoms with van der Waals surface area (Å²) in [6.45, 7) is 10.3. The van der Waals surface area contributed by atoms with Crippen LogP contribution in [0.25, 0.3) is 21.7 Å². The van der Waals surface area contributed by atoms with Gasteiger partial charge in [0.2, 0.25) is 0 Å². The lowest BCUT2D eigenvalue weighted by atomic mass is 10.1. The second-order valence-electron chi connectivity index (χ2n) is 8.84. The predicted octanol–water partition coefficient (Wildman–Crippen LogP) is 4.11. The average Bonchev–Trinajstić information content (AvgIpc) is 3.46. The van der Waals surface area contributed by atoms with Gasteiger partial charge >= 0.3 is 12.1 Å². The van der Waals surface area contributed by atoms with E-state index in [2.05, 4.69) is 52.2 Å². The van der Waals surface area contributed by atoms with Crippen LogP contribution in [0.3, 0.4) is 0 Å². The standard InChI is InChI=1S/C21H27N5O2S.C2HF3O2/c1-13(2)14(3)23-20(27)18-12-22-21(29-18)19-16-6-5-15(11-17(16)28-24-19)26-9-7-25(4)8-10-26;3-2(4,5)1(6)7/h5-6,11-14H,7-10H2,1-4H3,(H,23,27);(H,6,7). The first-order valence-electron chi connectivity index (χ1n) is 11.3. The van der Waals surface area contributed by atoms with Gasteiger partial charge in [-0.3, -0.25) is 4.79 Å². The Labute approximate surface area is 209 Å². The maximum Gasteiger partial charge on any atom is 0.490 e. The van der Waals surface area contributed by atoms with E-state index in [0.717, 1.165) is 42.8 Å².